The Hall–Kier alpha value is -2.82. The minimum atomic E-state index is -0.198. The fourth-order valence-electron chi connectivity index (χ4n) is 2.04. The monoisotopic (exact) mass is 311 g/mol. The van der Waals surface area contributed by atoms with Gasteiger partial charge in [-0.1, -0.05) is 42.5 Å². The standard InChI is InChI=1S/C18H21N3O2/c1-21(2)18(23)20-16-10-6-9-15(11-16)12-17(22)19-13-14-7-4-3-5-8-14/h3-11H,12-13H2,1-2H3,(H,19,22)(H,20,23). The van der Waals surface area contributed by atoms with Crippen LogP contribution in [0.3, 0.4) is 0 Å². The largest absolute Gasteiger partial charge is 0.352 e. The maximum absolute atomic E-state index is 12.0. The van der Waals surface area contributed by atoms with Gasteiger partial charge in [0.15, 0.2) is 0 Å². The number of carbonyl (C=O) groups is 2. The van der Waals surface area contributed by atoms with Crippen molar-refractivity contribution in [3.63, 3.8) is 0 Å². The summed E-state index contributed by atoms with van der Waals surface area (Å²) < 4.78 is 0. The van der Waals surface area contributed by atoms with E-state index >= 15 is 0 Å². The van der Waals surface area contributed by atoms with Gasteiger partial charge in [0.2, 0.25) is 5.91 Å². The zero-order valence-corrected chi connectivity index (χ0v) is 13.4. The predicted octanol–water partition coefficient (Wildman–Crippen LogP) is 2.64. The van der Waals surface area contributed by atoms with Crippen LogP contribution in [0.5, 0.6) is 0 Å². The van der Waals surface area contributed by atoms with E-state index in [2.05, 4.69) is 10.6 Å². The van der Waals surface area contributed by atoms with E-state index in [1.54, 1.807) is 20.2 Å². The quantitative estimate of drug-likeness (QED) is 0.891. The van der Waals surface area contributed by atoms with Crippen LogP contribution in [0.1, 0.15) is 11.1 Å². The first-order chi connectivity index (χ1) is 11.0. The van der Waals surface area contributed by atoms with Gasteiger partial charge in [-0.25, -0.2) is 4.79 Å². The lowest BCUT2D eigenvalue weighted by molar-refractivity contribution is -0.120. The molecule has 0 heterocycles. The molecule has 0 aliphatic heterocycles. The second kappa shape index (κ2) is 7.98. The van der Waals surface area contributed by atoms with E-state index < -0.39 is 0 Å². The smallest absolute Gasteiger partial charge is 0.321 e. The Morgan fingerprint density at radius 1 is 0.957 bits per heavy atom. The highest BCUT2D eigenvalue weighted by Gasteiger charge is 2.07. The number of urea groups is 1. The van der Waals surface area contributed by atoms with E-state index in [4.69, 9.17) is 0 Å². The van der Waals surface area contributed by atoms with Crippen molar-refractivity contribution < 1.29 is 9.59 Å². The van der Waals surface area contributed by atoms with Gasteiger partial charge in [-0.2, -0.15) is 0 Å². The van der Waals surface area contributed by atoms with Gasteiger partial charge < -0.3 is 15.5 Å². The van der Waals surface area contributed by atoms with Gasteiger partial charge in [0.25, 0.3) is 0 Å². The number of anilines is 1. The van der Waals surface area contributed by atoms with Gasteiger partial charge in [-0.3, -0.25) is 4.79 Å². The van der Waals surface area contributed by atoms with E-state index in [-0.39, 0.29) is 18.4 Å². The molecule has 0 saturated carbocycles. The molecule has 0 bridgehead atoms. The molecule has 0 aliphatic carbocycles. The third-order valence-corrected chi connectivity index (χ3v) is 3.28. The van der Waals surface area contributed by atoms with Gasteiger partial charge >= 0.3 is 6.03 Å². The molecular weight excluding hydrogens is 290 g/mol. The summed E-state index contributed by atoms with van der Waals surface area (Å²) in [4.78, 5) is 25.1. The number of hydrogen-bond acceptors (Lipinski definition) is 2. The molecule has 5 nitrogen and oxygen atoms in total. The zero-order valence-electron chi connectivity index (χ0n) is 13.4. The second-order valence-corrected chi connectivity index (χ2v) is 5.46. The van der Waals surface area contributed by atoms with Crippen LogP contribution in [0.15, 0.2) is 54.6 Å². The Morgan fingerprint density at radius 2 is 1.65 bits per heavy atom. The summed E-state index contributed by atoms with van der Waals surface area (Å²) in [5.41, 5.74) is 2.59. The van der Waals surface area contributed by atoms with Crippen molar-refractivity contribution in [2.45, 2.75) is 13.0 Å². The van der Waals surface area contributed by atoms with Crippen LogP contribution in [-0.2, 0) is 17.8 Å². The summed E-state index contributed by atoms with van der Waals surface area (Å²) in [6.45, 7) is 0.511. The number of rotatable bonds is 5. The van der Waals surface area contributed by atoms with Crippen LogP contribution in [0.4, 0.5) is 10.5 Å². The molecule has 0 saturated heterocycles. The number of nitrogens with one attached hydrogen (secondary N) is 2. The highest BCUT2D eigenvalue weighted by atomic mass is 16.2. The molecule has 2 aromatic carbocycles. The number of nitrogens with zero attached hydrogens (tertiary/aromatic N) is 1. The first kappa shape index (κ1) is 16.5. The Kier molecular flexibility index (Phi) is 5.74. The summed E-state index contributed by atoms with van der Waals surface area (Å²) >= 11 is 0. The van der Waals surface area contributed by atoms with Gasteiger partial charge in [0.1, 0.15) is 0 Å². The molecule has 2 aromatic rings. The molecule has 3 amide bonds. The molecular formula is C18H21N3O2. The van der Waals surface area contributed by atoms with E-state index in [0.29, 0.717) is 12.2 Å². The van der Waals surface area contributed by atoms with Crippen LogP contribution < -0.4 is 10.6 Å². The number of hydrogen-bond donors (Lipinski definition) is 2. The van der Waals surface area contributed by atoms with Gasteiger partial charge in [-0.15, -0.1) is 0 Å². The number of carbonyl (C=O) groups excluding carboxylic acids is 2. The molecule has 0 unspecified atom stereocenters. The minimum Gasteiger partial charge on any atom is -0.352 e. The molecule has 5 heteroatoms. The summed E-state index contributed by atoms with van der Waals surface area (Å²) in [7, 11) is 3.35. The van der Waals surface area contributed by atoms with E-state index in [1.165, 1.54) is 4.90 Å². The highest BCUT2D eigenvalue weighted by molar-refractivity contribution is 5.89. The molecule has 0 radical (unpaired) electrons. The molecule has 2 N–H and O–H groups in total. The fourth-order valence-corrected chi connectivity index (χ4v) is 2.04. The van der Waals surface area contributed by atoms with Gasteiger partial charge in [0, 0.05) is 26.3 Å². The minimum absolute atomic E-state index is 0.0510. The molecule has 120 valence electrons. The SMILES string of the molecule is CN(C)C(=O)Nc1cccc(CC(=O)NCc2ccccc2)c1. The molecule has 0 fully saturated rings. The summed E-state index contributed by atoms with van der Waals surface area (Å²) in [6, 6.07) is 16.9. The Balaban J connectivity index is 1.89. The van der Waals surface area contributed by atoms with E-state index in [1.807, 2.05) is 48.5 Å². The fraction of sp³-hybridized carbons (Fsp3) is 0.222. The highest BCUT2D eigenvalue weighted by Crippen LogP contribution is 2.12. The summed E-state index contributed by atoms with van der Waals surface area (Å²) in [5, 5.41) is 5.66. The Bertz CT molecular complexity index is 669. The predicted molar refractivity (Wildman–Crippen MR) is 91.1 cm³/mol. The summed E-state index contributed by atoms with van der Waals surface area (Å²) in [5.74, 6) is -0.0510. The number of benzene rings is 2. The van der Waals surface area contributed by atoms with Gasteiger partial charge in [-0.05, 0) is 23.3 Å². The molecule has 0 aliphatic rings. The first-order valence-corrected chi connectivity index (χ1v) is 7.42. The lowest BCUT2D eigenvalue weighted by Crippen LogP contribution is -2.27. The van der Waals surface area contributed by atoms with Crippen molar-refractivity contribution >= 4 is 17.6 Å². The average molecular weight is 311 g/mol. The van der Waals surface area contributed by atoms with Crippen molar-refractivity contribution in [2.75, 3.05) is 19.4 Å². The Labute approximate surface area is 136 Å². The van der Waals surface area contributed by atoms with Crippen LogP contribution >= 0.6 is 0 Å². The zero-order chi connectivity index (χ0) is 16.7. The normalized spacial score (nSPS) is 10.0. The van der Waals surface area contributed by atoms with Crippen LogP contribution in [0.2, 0.25) is 0 Å². The molecule has 0 aromatic heterocycles. The lowest BCUT2D eigenvalue weighted by Gasteiger charge is -2.12. The van der Waals surface area contributed by atoms with Crippen LogP contribution in [-0.4, -0.2) is 30.9 Å². The van der Waals surface area contributed by atoms with Crippen molar-refractivity contribution in [1.82, 2.24) is 10.2 Å². The summed E-state index contributed by atoms with van der Waals surface area (Å²) in [6.07, 6.45) is 0.276. The topological polar surface area (TPSA) is 61.4 Å². The maximum atomic E-state index is 12.0. The molecule has 0 spiro atoms. The van der Waals surface area contributed by atoms with E-state index in [9.17, 15) is 9.59 Å². The second-order valence-electron chi connectivity index (χ2n) is 5.46. The third kappa shape index (κ3) is 5.47. The lowest BCUT2D eigenvalue weighted by atomic mass is 10.1. The third-order valence-electron chi connectivity index (χ3n) is 3.28. The van der Waals surface area contributed by atoms with Crippen LogP contribution in [0.25, 0.3) is 0 Å². The van der Waals surface area contributed by atoms with Crippen molar-refractivity contribution in [1.29, 1.82) is 0 Å². The van der Waals surface area contributed by atoms with Gasteiger partial charge in [0.05, 0.1) is 6.42 Å². The van der Waals surface area contributed by atoms with E-state index in [0.717, 1.165) is 11.1 Å². The average Bonchev–Trinajstić information content (AvgIpc) is 2.54. The molecule has 2 rings (SSSR count). The molecule has 23 heavy (non-hydrogen) atoms. The Morgan fingerprint density at radius 3 is 2.35 bits per heavy atom. The van der Waals surface area contributed by atoms with Crippen molar-refractivity contribution in [2.24, 2.45) is 0 Å². The molecule has 0 atom stereocenters. The maximum Gasteiger partial charge on any atom is 0.321 e. The van der Waals surface area contributed by atoms with Crippen molar-refractivity contribution in [3.05, 3.63) is 65.7 Å². The van der Waals surface area contributed by atoms with Crippen LogP contribution in [0, 0.1) is 0 Å². The van der Waals surface area contributed by atoms with Crippen molar-refractivity contribution in [3.8, 4) is 0 Å². The number of amides is 3. The first-order valence-electron chi connectivity index (χ1n) is 7.42.